The van der Waals surface area contributed by atoms with Gasteiger partial charge in [0.2, 0.25) is 0 Å². The topological polar surface area (TPSA) is 49.3 Å². The Morgan fingerprint density at radius 2 is 2.00 bits per heavy atom. The molecule has 0 spiro atoms. The molecule has 0 aliphatic carbocycles. The minimum Gasteiger partial charge on any atom is -0.478 e. The van der Waals surface area contributed by atoms with Crippen molar-refractivity contribution in [3.05, 3.63) is 58.1 Å². The molecule has 21 heavy (non-hydrogen) atoms. The average molecular weight is 366 g/mol. The lowest BCUT2D eigenvalue weighted by atomic mass is 10.1. The highest BCUT2D eigenvalue weighted by Crippen LogP contribution is 2.30. The van der Waals surface area contributed by atoms with E-state index in [0.29, 0.717) is 11.3 Å². The summed E-state index contributed by atoms with van der Waals surface area (Å²) in [5, 5.41) is 12.7. The largest absolute Gasteiger partial charge is 0.478 e. The summed E-state index contributed by atoms with van der Waals surface area (Å²) < 4.78 is 1.00. The Hall–Kier alpha value is -1.46. The number of halogens is 1. The number of anilines is 1. The third-order valence-corrected chi connectivity index (χ3v) is 4.45. The van der Waals surface area contributed by atoms with Crippen LogP contribution in [0.5, 0.6) is 0 Å². The molecular weight excluding hydrogens is 350 g/mol. The quantitative estimate of drug-likeness (QED) is 0.728. The van der Waals surface area contributed by atoms with Gasteiger partial charge in [0.1, 0.15) is 0 Å². The maximum atomic E-state index is 11.5. The highest BCUT2D eigenvalue weighted by atomic mass is 79.9. The Bertz CT molecular complexity index is 660. The molecule has 0 amide bonds. The summed E-state index contributed by atoms with van der Waals surface area (Å²) in [6.45, 7) is 2.01. The maximum Gasteiger partial charge on any atom is 0.338 e. The van der Waals surface area contributed by atoms with Crippen LogP contribution in [-0.2, 0) is 0 Å². The summed E-state index contributed by atoms with van der Waals surface area (Å²) in [4.78, 5) is 12.3. The average Bonchev–Trinajstić information content (AvgIpc) is 2.46. The van der Waals surface area contributed by atoms with E-state index in [4.69, 9.17) is 0 Å². The molecule has 0 bridgehead atoms. The molecule has 2 aromatic rings. The van der Waals surface area contributed by atoms with E-state index >= 15 is 0 Å². The van der Waals surface area contributed by atoms with Crippen molar-refractivity contribution in [2.24, 2.45) is 0 Å². The number of benzene rings is 2. The van der Waals surface area contributed by atoms with Crippen molar-refractivity contribution in [2.75, 3.05) is 11.6 Å². The van der Waals surface area contributed by atoms with Gasteiger partial charge in [0.15, 0.2) is 0 Å². The third-order valence-electron chi connectivity index (χ3n) is 3.18. The molecule has 0 radical (unpaired) electrons. The maximum absolute atomic E-state index is 11.5. The zero-order chi connectivity index (χ0) is 15.4. The first-order valence-electron chi connectivity index (χ1n) is 6.45. The Morgan fingerprint density at radius 3 is 2.62 bits per heavy atom. The van der Waals surface area contributed by atoms with Crippen molar-refractivity contribution in [1.82, 2.24) is 0 Å². The van der Waals surface area contributed by atoms with Crippen molar-refractivity contribution in [3.63, 3.8) is 0 Å². The molecule has 110 valence electrons. The monoisotopic (exact) mass is 365 g/mol. The number of hydrogen-bond acceptors (Lipinski definition) is 3. The molecule has 0 heterocycles. The van der Waals surface area contributed by atoms with Crippen molar-refractivity contribution < 1.29 is 9.90 Å². The molecule has 0 aliphatic rings. The minimum atomic E-state index is -0.913. The minimum absolute atomic E-state index is 0.0118. The van der Waals surface area contributed by atoms with Gasteiger partial charge in [-0.3, -0.25) is 0 Å². The molecule has 2 N–H and O–H groups in total. The van der Waals surface area contributed by atoms with Crippen molar-refractivity contribution in [1.29, 1.82) is 0 Å². The van der Waals surface area contributed by atoms with Crippen molar-refractivity contribution in [2.45, 2.75) is 17.9 Å². The lowest BCUT2D eigenvalue weighted by Gasteiger charge is -2.18. The number of carbonyl (C=O) groups is 1. The second kappa shape index (κ2) is 7.00. The summed E-state index contributed by atoms with van der Waals surface area (Å²) in [5.74, 6) is -0.913. The summed E-state index contributed by atoms with van der Waals surface area (Å²) >= 11 is 4.89. The van der Waals surface area contributed by atoms with Gasteiger partial charge in [-0.05, 0) is 43.0 Å². The number of carboxylic acids is 1. The predicted molar refractivity (Wildman–Crippen MR) is 91.4 cm³/mol. The molecule has 0 saturated carbocycles. The van der Waals surface area contributed by atoms with E-state index in [2.05, 4.69) is 21.2 Å². The van der Waals surface area contributed by atoms with Crippen LogP contribution in [0.3, 0.4) is 0 Å². The molecule has 0 aliphatic heterocycles. The van der Waals surface area contributed by atoms with Crippen LogP contribution in [-0.4, -0.2) is 17.3 Å². The van der Waals surface area contributed by atoms with Crippen LogP contribution in [0, 0.1) is 0 Å². The van der Waals surface area contributed by atoms with Gasteiger partial charge in [0.05, 0.1) is 11.3 Å². The van der Waals surface area contributed by atoms with Crippen LogP contribution in [0.4, 0.5) is 5.69 Å². The zero-order valence-corrected chi connectivity index (χ0v) is 14.2. The first kappa shape index (κ1) is 15.9. The van der Waals surface area contributed by atoms with E-state index in [9.17, 15) is 9.90 Å². The fourth-order valence-corrected chi connectivity index (χ4v) is 3.17. The first-order valence-corrected chi connectivity index (χ1v) is 8.47. The molecule has 2 aromatic carbocycles. The SMILES string of the molecule is CSc1cccc(NC(C)c2cccc(Br)c2)c1C(=O)O. The van der Waals surface area contributed by atoms with Gasteiger partial charge in [-0.25, -0.2) is 4.79 Å². The van der Waals surface area contributed by atoms with Crippen LogP contribution in [0.25, 0.3) is 0 Å². The highest BCUT2D eigenvalue weighted by molar-refractivity contribution is 9.10. The lowest BCUT2D eigenvalue weighted by molar-refractivity contribution is 0.0694. The smallest absolute Gasteiger partial charge is 0.338 e. The molecule has 3 nitrogen and oxygen atoms in total. The fourth-order valence-electron chi connectivity index (χ4n) is 2.13. The van der Waals surface area contributed by atoms with Gasteiger partial charge in [-0.2, -0.15) is 0 Å². The Kier molecular flexibility index (Phi) is 5.31. The highest BCUT2D eigenvalue weighted by Gasteiger charge is 2.16. The predicted octanol–water partition coefficient (Wildman–Crippen LogP) is 5.04. The Morgan fingerprint density at radius 1 is 1.29 bits per heavy atom. The molecule has 0 fully saturated rings. The van der Waals surface area contributed by atoms with Gasteiger partial charge in [0, 0.05) is 15.4 Å². The molecule has 5 heteroatoms. The van der Waals surface area contributed by atoms with Crippen LogP contribution in [0.2, 0.25) is 0 Å². The van der Waals surface area contributed by atoms with Crippen LogP contribution < -0.4 is 5.32 Å². The second-order valence-corrected chi connectivity index (χ2v) is 6.37. The van der Waals surface area contributed by atoms with E-state index < -0.39 is 5.97 Å². The summed E-state index contributed by atoms with van der Waals surface area (Å²) in [5.41, 5.74) is 2.06. The number of rotatable bonds is 5. The summed E-state index contributed by atoms with van der Waals surface area (Å²) in [6, 6.07) is 13.5. The van der Waals surface area contributed by atoms with Gasteiger partial charge >= 0.3 is 5.97 Å². The fraction of sp³-hybridized carbons (Fsp3) is 0.188. The standard InChI is InChI=1S/C16H16BrNO2S/c1-10(11-5-3-6-12(17)9-11)18-13-7-4-8-14(21-2)15(13)16(19)20/h3-10,18H,1-2H3,(H,19,20). The molecular formula is C16H16BrNO2S. The third kappa shape index (κ3) is 3.80. The summed E-state index contributed by atoms with van der Waals surface area (Å²) in [6.07, 6.45) is 1.88. The summed E-state index contributed by atoms with van der Waals surface area (Å²) in [7, 11) is 0. The van der Waals surface area contributed by atoms with Crippen LogP contribution in [0.15, 0.2) is 51.8 Å². The van der Waals surface area contributed by atoms with E-state index in [1.807, 2.05) is 49.6 Å². The van der Waals surface area contributed by atoms with E-state index in [-0.39, 0.29) is 6.04 Å². The number of aromatic carboxylic acids is 1. The Labute approximate surface area is 136 Å². The second-order valence-electron chi connectivity index (χ2n) is 4.61. The van der Waals surface area contributed by atoms with Gasteiger partial charge in [-0.1, -0.05) is 34.1 Å². The Balaban J connectivity index is 2.33. The molecule has 1 atom stereocenters. The van der Waals surface area contributed by atoms with Crippen LogP contribution >= 0.6 is 27.7 Å². The van der Waals surface area contributed by atoms with E-state index in [0.717, 1.165) is 14.9 Å². The van der Waals surface area contributed by atoms with E-state index in [1.54, 1.807) is 6.07 Å². The van der Waals surface area contributed by atoms with Crippen molar-refractivity contribution in [3.8, 4) is 0 Å². The number of hydrogen-bond donors (Lipinski definition) is 2. The van der Waals surface area contributed by atoms with Gasteiger partial charge in [-0.15, -0.1) is 11.8 Å². The molecule has 1 unspecified atom stereocenters. The van der Waals surface area contributed by atoms with E-state index in [1.165, 1.54) is 11.8 Å². The lowest BCUT2D eigenvalue weighted by Crippen LogP contribution is -2.11. The number of thioether (sulfide) groups is 1. The normalized spacial score (nSPS) is 12.0. The molecule has 0 saturated heterocycles. The first-order chi connectivity index (χ1) is 10.0. The van der Waals surface area contributed by atoms with Gasteiger partial charge in [0.25, 0.3) is 0 Å². The molecule has 0 aromatic heterocycles. The molecule has 2 rings (SSSR count). The van der Waals surface area contributed by atoms with Gasteiger partial charge < -0.3 is 10.4 Å². The number of nitrogens with one attached hydrogen (secondary N) is 1. The van der Waals surface area contributed by atoms with Crippen molar-refractivity contribution >= 4 is 39.3 Å². The number of carboxylic acid groups (broad SMARTS) is 1. The van der Waals surface area contributed by atoms with Crippen LogP contribution in [0.1, 0.15) is 28.9 Å². The zero-order valence-electron chi connectivity index (χ0n) is 11.8.